The molecule has 222 valence electrons. The number of aromatic nitrogens is 2. The van der Waals surface area contributed by atoms with Crippen molar-refractivity contribution in [1.29, 1.82) is 0 Å². The first-order valence-electron chi connectivity index (χ1n) is 13.3. The first-order chi connectivity index (χ1) is 20.6. The van der Waals surface area contributed by atoms with Crippen LogP contribution in [0.4, 0.5) is 24.5 Å². The summed E-state index contributed by atoms with van der Waals surface area (Å²) < 4.78 is 74.9. The summed E-state index contributed by atoms with van der Waals surface area (Å²) in [6.07, 6.45) is -4.60. The molecule has 0 spiro atoms. The Kier molecular flexibility index (Phi) is 7.79. The number of hydrogen-bond acceptors (Lipinski definition) is 7. The Morgan fingerprint density at radius 3 is 2.42 bits per heavy atom. The van der Waals surface area contributed by atoms with Crippen LogP contribution in [0.2, 0.25) is 0 Å². The van der Waals surface area contributed by atoms with Gasteiger partial charge in [0.25, 0.3) is 10.0 Å². The fraction of sp³-hybridized carbons (Fsp3) is 0.200. The van der Waals surface area contributed by atoms with Gasteiger partial charge in [0, 0.05) is 13.1 Å². The number of anilines is 2. The van der Waals surface area contributed by atoms with Crippen molar-refractivity contribution in [2.24, 2.45) is 0 Å². The lowest BCUT2D eigenvalue weighted by Crippen LogP contribution is -2.37. The molecule has 0 radical (unpaired) electrons. The van der Waals surface area contributed by atoms with Crippen molar-refractivity contribution in [3.8, 4) is 0 Å². The Balaban J connectivity index is 1.30. The Hall–Kier alpha value is -4.07. The number of halogens is 3. The van der Waals surface area contributed by atoms with E-state index in [0.717, 1.165) is 38.6 Å². The van der Waals surface area contributed by atoms with Crippen LogP contribution < -0.4 is 10.2 Å². The number of amides is 1. The van der Waals surface area contributed by atoms with Gasteiger partial charge in [-0.15, -0.1) is 0 Å². The number of carbonyl (C=O) groups excluding carboxylic acids is 1. The number of thioether (sulfide) groups is 1. The van der Waals surface area contributed by atoms with E-state index in [9.17, 15) is 26.4 Å². The zero-order valence-corrected chi connectivity index (χ0v) is 24.2. The van der Waals surface area contributed by atoms with Gasteiger partial charge >= 0.3 is 6.18 Å². The van der Waals surface area contributed by atoms with Gasteiger partial charge in [-0.25, -0.2) is 17.4 Å². The number of para-hydroxylation sites is 2. The van der Waals surface area contributed by atoms with Crippen molar-refractivity contribution in [3.05, 3.63) is 90.5 Å². The molecular weight excluding hydrogens is 601 g/mol. The normalized spacial score (nSPS) is 14.3. The largest absolute Gasteiger partial charge is 0.416 e. The van der Waals surface area contributed by atoms with E-state index in [2.05, 4.69) is 10.3 Å². The minimum atomic E-state index is -4.60. The quantitative estimate of drug-likeness (QED) is 0.221. The summed E-state index contributed by atoms with van der Waals surface area (Å²) in [4.78, 5) is 19.5. The summed E-state index contributed by atoms with van der Waals surface area (Å²) in [5, 5.41) is 4.30. The molecule has 1 saturated heterocycles. The van der Waals surface area contributed by atoms with Crippen LogP contribution in [0, 0.1) is 0 Å². The predicted molar refractivity (Wildman–Crippen MR) is 160 cm³/mol. The summed E-state index contributed by atoms with van der Waals surface area (Å²) in [6, 6.07) is 22.2. The van der Waals surface area contributed by atoms with E-state index in [1.54, 1.807) is 36.4 Å². The van der Waals surface area contributed by atoms with Gasteiger partial charge in [0.15, 0.2) is 5.16 Å². The molecular formula is C30H25F3N4O4S2. The summed E-state index contributed by atoms with van der Waals surface area (Å²) >= 11 is 0.881. The lowest BCUT2D eigenvalue weighted by Gasteiger charge is -2.31. The van der Waals surface area contributed by atoms with E-state index in [4.69, 9.17) is 4.74 Å². The number of morpholine rings is 1. The third-order valence-corrected chi connectivity index (χ3v) is 9.79. The maximum atomic E-state index is 13.9. The third-order valence-electron chi connectivity index (χ3n) is 7.03. The van der Waals surface area contributed by atoms with Crippen molar-refractivity contribution >= 4 is 60.9 Å². The van der Waals surface area contributed by atoms with Crippen LogP contribution in [0.5, 0.6) is 0 Å². The van der Waals surface area contributed by atoms with Gasteiger partial charge in [-0.2, -0.15) is 13.2 Å². The number of hydrogen-bond donors (Lipinski definition) is 1. The first-order valence-corrected chi connectivity index (χ1v) is 15.7. The van der Waals surface area contributed by atoms with Crippen LogP contribution in [0.15, 0.2) is 95.0 Å². The molecule has 1 aliphatic heterocycles. The highest BCUT2D eigenvalue weighted by Gasteiger charge is 2.32. The molecule has 5 aromatic rings. The highest BCUT2D eigenvalue weighted by atomic mass is 32.2. The molecule has 0 atom stereocenters. The van der Waals surface area contributed by atoms with Crippen LogP contribution in [0.1, 0.15) is 5.56 Å². The van der Waals surface area contributed by atoms with Crippen LogP contribution in [-0.2, 0) is 25.7 Å². The minimum Gasteiger partial charge on any atom is -0.378 e. The number of ether oxygens (including phenoxy) is 1. The van der Waals surface area contributed by atoms with Gasteiger partial charge in [0.2, 0.25) is 5.91 Å². The average molecular weight is 627 g/mol. The third kappa shape index (κ3) is 5.92. The highest BCUT2D eigenvalue weighted by Crippen LogP contribution is 2.36. The lowest BCUT2D eigenvalue weighted by molar-refractivity contribution is -0.137. The Morgan fingerprint density at radius 1 is 0.930 bits per heavy atom. The molecule has 1 fully saturated rings. The molecule has 0 saturated carbocycles. The van der Waals surface area contributed by atoms with Gasteiger partial charge in [-0.1, -0.05) is 54.2 Å². The summed E-state index contributed by atoms with van der Waals surface area (Å²) in [6.45, 7) is 1.73. The first kappa shape index (κ1) is 29.0. The van der Waals surface area contributed by atoms with E-state index in [0.29, 0.717) is 43.0 Å². The van der Waals surface area contributed by atoms with Gasteiger partial charge in [0.1, 0.15) is 0 Å². The topological polar surface area (TPSA) is 93.5 Å². The molecule has 2 heterocycles. The SMILES string of the molecule is O=C(CSc1nc2ccccc2n1S(=O)(=O)c1ccc2ccccc2c1)Nc1cc(C(F)(F)F)ccc1N1CCOCC1. The van der Waals surface area contributed by atoms with Crippen molar-refractivity contribution in [3.63, 3.8) is 0 Å². The highest BCUT2D eigenvalue weighted by molar-refractivity contribution is 8.00. The Morgan fingerprint density at radius 2 is 1.65 bits per heavy atom. The van der Waals surface area contributed by atoms with E-state index < -0.39 is 27.7 Å². The molecule has 1 aliphatic rings. The number of rotatable bonds is 7. The van der Waals surface area contributed by atoms with Crippen molar-refractivity contribution < 1.29 is 31.1 Å². The second kappa shape index (κ2) is 11.5. The summed E-state index contributed by atoms with van der Waals surface area (Å²) in [7, 11) is -4.14. The second-order valence-electron chi connectivity index (χ2n) is 9.83. The van der Waals surface area contributed by atoms with Crippen molar-refractivity contribution in [2.45, 2.75) is 16.2 Å². The van der Waals surface area contributed by atoms with Crippen LogP contribution in [-0.4, -0.2) is 55.3 Å². The molecule has 0 aliphatic carbocycles. The number of fused-ring (bicyclic) bond motifs is 2. The summed E-state index contributed by atoms with van der Waals surface area (Å²) in [5.74, 6) is -0.907. The second-order valence-corrected chi connectivity index (χ2v) is 12.6. The molecule has 4 aromatic carbocycles. The number of alkyl halides is 3. The van der Waals surface area contributed by atoms with Gasteiger partial charge < -0.3 is 15.0 Å². The molecule has 0 unspecified atom stereocenters. The van der Waals surface area contributed by atoms with Crippen molar-refractivity contribution in [1.82, 2.24) is 8.96 Å². The molecule has 8 nitrogen and oxygen atoms in total. The molecule has 1 aromatic heterocycles. The van der Waals surface area contributed by atoms with Crippen LogP contribution >= 0.6 is 11.8 Å². The van der Waals surface area contributed by atoms with Crippen LogP contribution in [0.3, 0.4) is 0 Å². The minimum absolute atomic E-state index is 0.0135. The Labute approximate surface area is 249 Å². The summed E-state index contributed by atoms with van der Waals surface area (Å²) in [5.41, 5.74) is 0.324. The van der Waals surface area contributed by atoms with Crippen molar-refractivity contribution in [2.75, 3.05) is 42.3 Å². The molecule has 1 N–H and O–H groups in total. The fourth-order valence-corrected chi connectivity index (χ4v) is 7.50. The number of carbonyl (C=O) groups is 1. The van der Waals surface area contributed by atoms with E-state index in [-0.39, 0.29) is 21.5 Å². The number of benzene rings is 4. The van der Waals surface area contributed by atoms with Gasteiger partial charge in [0.05, 0.1) is 51.8 Å². The van der Waals surface area contributed by atoms with E-state index in [1.165, 1.54) is 12.1 Å². The molecule has 43 heavy (non-hydrogen) atoms. The van der Waals surface area contributed by atoms with E-state index >= 15 is 0 Å². The zero-order valence-electron chi connectivity index (χ0n) is 22.5. The average Bonchev–Trinajstić information content (AvgIpc) is 3.39. The Bertz CT molecular complexity index is 1940. The predicted octanol–water partition coefficient (Wildman–Crippen LogP) is 6.01. The standard InChI is InChI=1S/C30H25F3N4O4S2/c31-30(32,33)22-10-12-26(36-13-15-41-16-14-36)25(18-22)34-28(38)19-42-29-35-24-7-3-4-8-27(24)37(29)43(39,40)23-11-9-20-5-1-2-6-21(20)17-23/h1-12,17-18H,13-16,19H2,(H,34,38). The maximum absolute atomic E-state index is 13.9. The zero-order chi connectivity index (χ0) is 30.2. The fourth-order valence-electron chi connectivity index (χ4n) is 4.95. The maximum Gasteiger partial charge on any atom is 0.416 e. The van der Waals surface area contributed by atoms with Gasteiger partial charge in [-0.3, -0.25) is 4.79 Å². The van der Waals surface area contributed by atoms with Crippen LogP contribution in [0.25, 0.3) is 21.8 Å². The number of nitrogens with one attached hydrogen (secondary N) is 1. The molecule has 6 rings (SSSR count). The molecule has 0 bridgehead atoms. The van der Waals surface area contributed by atoms with Gasteiger partial charge in [-0.05, 0) is 53.2 Å². The molecule has 1 amide bonds. The smallest absolute Gasteiger partial charge is 0.378 e. The number of nitrogens with zero attached hydrogens (tertiary/aromatic N) is 3. The number of imidazole rings is 1. The monoisotopic (exact) mass is 626 g/mol. The molecule has 13 heteroatoms. The van der Waals surface area contributed by atoms with E-state index in [1.807, 2.05) is 29.2 Å². The lowest BCUT2D eigenvalue weighted by atomic mass is 10.1.